The maximum atomic E-state index is 13.7. The summed E-state index contributed by atoms with van der Waals surface area (Å²) in [7, 11) is 1.56. The molecule has 9 heteroatoms. The summed E-state index contributed by atoms with van der Waals surface area (Å²) < 4.78 is 18.6. The van der Waals surface area contributed by atoms with Gasteiger partial charge in [0.25, 0.3) is 5.91 Å². The summed E-state index contributed by atoms with van der Waals surface area (Å²) in [5.74, 6) is 0.967. The minimum atomic E-state index is -0.230. The first-order valence-electron chi connectivity index (χ1n) is 10.9. The number of allylic oxidation sites excluding steroid dienone is 4. The fourth-order valence-corrected chi connectivity index (χ4v) is 5.33. The van der Waals surface area contributed by atoms with E-state index in [1.807, 2.05) is 17.9 Å². The van der Waals surface area contributed by atoms with Gasteiger partial charge in [-0.1, -0.05) is 13.0 Å². The predicted octanol–water partition coefficient (Wildman–Crippen LogP) is 4.50. The molecular formula is C23H28FN5O2S. The number of hydrogen-bond donors (Lipinski definition) is 1. The average Bonchev–Trinajstić information content (AvgIpc) is 3.20. The Morgan fingerprint density at radius 1 is 1.41 bits per heavy atom. The van der Waals surface area contributed by atoms with Gasteiger partial charge in [-0.3, -0.25) is 4.79 Å². The third-order valence-electron chi connectivity index (χ3n) is 6.04. The van der Waals surface area contributed by atoms with Crippen molar-refractivity contribution in [2.24, 2.45) is 5.92 Å². The number of carbonyl (C=O) groups excluding carboxylic acids is 1. The lowest BCUT2D eigenvalue weighted by molar-refractivity contribution is 0.0533. The molecule has 0 bridgehead atoms. The van der Waals surface area contributed by atoms with E-state index < -0.39 is 0 Å². The van der Waals surface area contributed by atoms with E-state index in [0.717, 1.165) is 22.7 Å². The van der Waals surface area contributed by atoms with Crippen LogP contribution in [0.2, 0.25) is 0 Å². The van der Waals surface area contributed by atoms with E-state index in [0.29, 0.717) is 43.0 Å². The van der Waals surface area contributed by atoms with Crippen LogP contribution in [-0.2, 0) is 0 Å². The Kier molecular flexibility index (Phi) is 6.83. The number of halogens is 1. The molecule has 2 aliphatic rings. The Hall–Kier alpha value is -2.81. The molecule has 0 radical (unpaired) electrons. The summed E-state index contributed by atoms with van der Waals surface area (Å²) in [4.78, 5) is 29.7. The predicted molar refractivity (Wildman–Crippen MR) is 123 cm³/mol. The molecule has 32 heavy (non-hydrogen) atoms. The summed E-state index contributed by atoms with van der Waals surface area (Å²) in [6.45, 7) is 5.30. The Bertz CT molecular complexity index is 1040. The second kappa shape index (κ2) is 9.77. The number of thiazole rings is 1. The highest BCUT2D eigenvalue weighted by Gasteiger charge is 2.35. The van der Waals surface area contributed by atoms with Gasteiger partial charge < -0.3 is 15.0 Å². The molecule has 7 nitrogen and oxygen atoms in total. The third kappa shape index (κ3) is 4.82. The zero-order valence-electron chi connectivity index (χ0n) is 18.5. The number of piperidine rings is 1. The minimum Gasteiger partial charge on any atom is -0.481 e. The average molecular weight is 458 g/mol. The molecule has 3 heterocycles. The van der Waals surface area contributed by atoms with Crippen LogP contribution in [0.3, 0.4) is 0 Å². The molecule has 0 saturated carbocycles. The first-order valence-corrected chi connectivity index (χ1v) is 11.7. The zero-order valence-corrected chi connectivity index (χ0v) is 19.4. The topological polar surface area (TPSA) is 80.2 Å². The second-order valence-electron chi connectivity index (χ2n) is 8.22. The van der Waals surface area contributed by atoms with Gasteiger partial charge in [-0.25, -0.2) is 14.4 Å². The van der Waals surface area contributed by atoms with Crippen LogP contribution in [0.4, 0.5) is 10.3 Å². The smallest absolute Gasteiger partial charge is 0.273 e. The van der Waals surface area contributed by atoms with Gasteiger partial charge in [-0.15, -0.1) is 11.3 Å². The summed E-state index contributed by atoms with van der Waals surface area (Å²) >= 11 is 1.52. The number of hydrogen-bond acceptors (Lipinski definition) is 7. The largest absolute Gasteiger partial charge is 0.481 e. The summed E-state index contributed by atoms with van der Waals surface area (Å²) in [5.41, 5.74) is 0.495. The normalized spacial score (nSPS) is 23.1. The van der Waals surface area contributed by atoms with Crippen molar-refractivity contribution >= 4 is 23.2 Å². The van der Waals surface area contributed by atoms with E-state index in [4.69, 9.17) is 4.74 Å². The molecule has 1 aliphatic carbocycles. The summed E-state index contributed by atoms with van der Waals surface area (Å²) in [6.07, 6.45) is 9.05. The van der Waals surface area contributed by atoms with Crippen molar-refractivity contribution in [1.82, 2.24) is 19.9 Å². The highest BCUT2D eigenvalue weighted by atomic mass is 32.1. The number of likely N-dealkylation sites (tertiary alicyclic amines) is 1. The van der Waals surface area contributed by atoms with Gasteiger partial charge in [0.15, 0.2) is 0 Å². The van der Waals surface area contributed by atoms with Gasteiger partial charge >= 0.3 is 0 Å². The van der Waals surface area contributed by atoms with E-state index in [1.54, 1.807) is 25.4 Å². The van der Waals surface area contributed by atoms with Gasteiger partial charge in [0, 0.05) is 36.1 Å². The van der Waals surface area contributed by atoms with Crippen molar-refractivity contribution in [2.75, 3.05) is 25.5 Å². The number of nitrogens with one attached hydrogen (secondary N) is 1. The van der Waals surface area contributed by atoms with Gasteiger partial charge in [0.05, 0.1) is 18.2 Å². The fourth-order valence-electron chi connectivity index (χ4n) is 4.32. The van der Waals surface area contributed by atoms with Crippen LogP contribution < -0.4 is 10.1 Å². The molecular weight excluding hydrogens is 429 g/mol. The van der Waals surface area contributed by atoms with Gasteiger partial charge in [0.2, 0.25) is 11.8 Å². The number of rotatable bonds is 6. The summed E-state index contributed by atoms with van der Waals surface area (Å²) in [5, 5.41) is 4.11. The Balaban J connectivity index is 1.54. The molecule has 1 saturated heterocycles. The van der Waals surface area contributed by atoms with E-state index in [-0.39, 0.29) is 23.7 Å². The van der Waals surface area contributed by atoms with Crippen LogP contribution in [0.5, 0.6) is 5.88 Å². The first-order chi connectivity index (χ1) is 15.5. The van der Waals surface area contributed by atoms with Crippen LogP contribution in [0.15, 0.2) is 36.3 Å². The third-order valence-corrected chi connectivity index (χ3v) is 7.14. The monoisotopic (exact) mass is 457 g/mol. The highest BCUT2D eigenvalue weighted by molar-refractivity contribution is 7.12. The first kappa shape index (κ1) is 22.4. The van der Waals surface area contributed by atoms with Crippen molar-refractivity contribution in [2.45, 2.75) is 45.1 Å². The van der Waals surface area contributed by atoms with E-state index in [2.05, 4.69) is 27.2 Å². The molecule has 3 unspecified atom stereocenters. The molecule has 1 amide bonds. The number of carbonyl (C=O) groups is 1. The van der Waals surface area contributed by atoms with Gasteiger partial charge in [0.1, 0.15) is 11.5 Å². The quantitative estimate of drug-likeness (QED) is 0.688. The second-order valence-corrected chi connectivity index (χ2v) is 9.46. The fraction of sp³-hybridized carbons (Fsp3) is 0.478. The molecule has 4 rings (SSSR count). The number of nitrogens with zero attached hydrogens (tertiary/aromatic N) is 4. The zero-order chi connectivity index (χ0) is 22.7. The summed E-state index contributed by atoms with van der Waals surface area (Å²) in [6, 6.07) is 1.68. The molecule has 0 spiro atoms. The molecule has 3 atom stereocenters. The van der Waals surface area contributed by atoms with Gasteiger partial charge in [-0.05, 0) is 44.3 Å². The number of amides is 1. The maximum absolute atomic E-state index is 13.7. The van der Waals surface area contributed by atoms with Crippen LogP contribution in [0.25, 0.3) is 0 Å². The molecule has 1 aliphatic heterocycles. The number of aromatic nitrogens is 3. The van der Waals surface area contributed by atoms with Crippen molar-refractivity contribution in [3.05, 3.63) is 51.9 Å². The lowest BCUT2D eigenvalue weighted by Gasteiger charge is -2.40. The lowest BCUT2D eigenvalue weighted by atomic mass is 9.90. The van der Waals surface area contributed by atoms with Crippen molar-refractivity contribution in [3.63, 3.8) is 0 Å². The number of aryl methyl sites for hydroxylation is 1. The molecule has 170 valence electrons. The van der Waals surface area contributed by atoms with Crippen molar-refractivity contribution in [3.8, 4) is 5.88 Å². The van der Waals surface area contributed by atoms with E-state index in [1.165, 1.54) is 17.4 Å². The number of ether oxygens (including phenoxy) is 1. The van der Waals surface area contributed by atoms with Crippen molar-refractivity contribution in [1.29, 1.82) is 0 Å². The van der Waals surface area contributed by atoms with Crippen molar-refractivity contribution < 1.29 is 13.9 Å². The standard InChI is InChI=1S/C23H28FN5O2S/c1-14-5-4-12-29(18(14)13-26-23-25-11-10-19(28-23)31-3)22(30)20-21(32-15(2)27-20)16-6-8-17(24)9-7-16/h6,8-11,14,16,18H,4-5,7,12-13H2,1-3H3,(H,25,26,28). The van der Waals surface area contributed by atoms with E-state index >= 15 is 0 Å². The van der Waals surface area contributed by atoms with Crippen LogP contribution >= 0.6 is 11.3 Å². The molecule has 2 aromatic rings. The Labute approximate surface area is 191 Å². The number of anilines is 1. The van der Waals surface area contributed by atoms with Crippen LogP contribution in [-0.4, -0.2) is 52.0 Å². The Morgan fingerprint density at radius 3 is 3.00 bits per heavy atom. The molecule has 1 N–H and O–H groups in total. The minimum absolute atomic E-state index is 0.0138. The molecule has 1 fully saturated rings. The van der Waals surface area contributed by atoms with Gasteiger partial charge in [-0.2, -0.15) is 4.98 Å². The SMILES string of the molecule is COc1ccnc(NCC2C(C)CCCN2C(=O)c2nc(C)sc2C2C=CC(F)=CC2)n1. The van der Waals surface area contributed by atoms with Crippen LogP contribution in [0.1, 0.15) is 52.5 Å². The molecule has 0 aromatic carbocycles. The highest BCUT2D eigenvalue weighted by Crippen LogP contribution is 2.35. The van der Waals surface area contributed by atoms with E-state index in [9.17, 15) is 9.18 Å². The van der Waals surface area contributed by atoms with Crippen LogP contribution in [0, 0.1) is 12.8 Å². The molecule has 2 aromatic heterocycles. The Morgan fingerprint density at radius 2 is 2.25 bits per heavy atom. The number of methoxy groups -OCH3 is 1. The lowest BCUT2D eigenvalue weighted by Crippen LogP contribution is -2.51. The maximum Gasteiger partial charge on any atom is 0.273 e.